The first-order valence-electron chi connectivity index (χ1n) is 25.2. The Kier molecular flexibility index (Phi) is 10.2. The van der Waals surface area contributed by atoms with Crippen LogP contribution in [0.1, 0.15) is 210 Å². The predicted octanol–water partition coefficient (Wildman–Crippen LogP) is 15.7. The van der Waals surface area contributed by atoms with Gasteiger partial charge in [0.15, 0.2) is 0 Å². The van der Waals surface area contributed by atoms with Crippen LogP contribution in [-0.4, -0.2) is 0 Å². The van der Waals surface area contributed by atoms with Crippen molar-refractivity contribution in [2.24, 2.45) is 122 Å². The summed E-state index contributed by atoms with van der Waals surface area (Å²) < 4.78 is 0. The molecule has 0 aromatic heterocycles. The monoisotopic (exact) mass is 727 g/mol. The van der Waals surface area contributed by atoms with Crippen molar-refractivity contribution in [3.05, 3.63) is 0 Å². The largest absolute Gasteiger partial charge is 0.0654 e. The molecule has 0 nitrogen and oxygen atoms in total. The molecule has 16 rings (SSSR count). The fourth-order valence-corrected chi connectivity index (χ4v) is 19.6. The van der Waals surface area contributed by atoms with Crippen molar-refractivity contribution in [2.45, 2.75) is 210 Å². The van der Waals surface area contributed by atoms with E-state index >= 15 is 0 Å². The summed E-state index contributed by atoms with van der Waals surface area (Å²) in [4.78, 5) is 0. The fraction of sp³-hybridized carbons (Fsp3) is 1.00. The smallest absolute Gasteiger partial charge is 0.0246 e. The van der Waals surface area contributed by atoms with Gasteiger partial charge >= 0.3 is 0 Å². The second-order valence-electron chi connectivity index (χ2n) is 25.7. The molecular weight excluding hydrogens is 637 g/mol. The van der Waals surface area contributed by atoms with Crippen molar-refractivity contribution in [3.63, 3.8) is 0 Å². The van der Waals surface area contributed by atoms with Gasteiger partial charge in [-0.2, -0.15) is 0 Å². The average molecular weight is 727 g/mol. The van der Waals surface area contributed by atoms with Crippen molar-refractivity contribution in [3.8, 4) is 0 Å². The summed E-state index contributed by atoms with van der Waals surface area (Å²) in [5.41, 5.74) is 2.90. The van der Waals surface area contributed by atoms with Crippen LogP contribution in [-0.2, 0) is 0 Å². The van der Waals surface area contributed by atoms with Gasteiger partial charge in [-0.15, -0.1) is 0 Å². The number of hydrogen-bond acceptors (Lipinski definition) is 0. The van der Waals surface area contributed by atoms with Crippen LogP contribution in [0, 0.1) is 122 Å². The molecule has 16 saturated carbocycles. The van der Waals surface area contributed by atoms with Crippen LogP contribution in [0.15, 0.2) is 0 Å². The minimum absolute atomic E-state index is 0.702. The molecule has 0 radical (unpaired) electrons. The van der Waals surface area contributed by atoms with Gasteiger partial charge in [-0.3, -0.25) is 0 Å². The lowest BCUT2D eigenvalue weighted by atomic mass is 9.43. The van der Waals surface area contributed by atoms with Crippen LogP contribution < -0.4 is 0 Å². The fourth-order valence-electron chi connectivity index (χ4n) is 19.6. The number of hydrogen-bond donors (Lipinski definition) is 0. The molecule has 0 aromatic rings. The molecule has 0 heterocycles. The van der Waals surface area contributed by atoms with E-state index in [0.717, 1.165) is 111 Å². The summed E-state index contributed by atoms with van der Waals surface area (Å²) in [7, 11) is 0. The van der Waals surface area contributed by atoms with Crippen molar-refractivity contribution < 1.29 is 0 Å². The van der Waals surface area contributed by atoms with Crippen LogP contribution in [0.4, 0.5) is 0 Å². The Balaban J connectivity index is 0.0000000938. The van der Waals surface area contributed by atoms with Gasteiger partial charge in [-0.25, -0.2) is 0 Å². The van der Waals surface area contributed by atoms with E-state index in [1.165, 1.54) is 19.3 Å². The predicted molar refractivity (Wildman–Crippen MR) is 226 cm³/mol. The molecule has 16 aliphatic carbocycles. The van der Waals surface area contributed by atoms with E-state index in [-0.39, 0.29) is 0 Å². The Bertz CT molecular complexity index is 1160. The van der Waals surface area contributed by atoms with Gasteiger partial charge in [0, 0.05) is 0 Å². The highest BCUT2D eigenvalue weighted by atomic mass is 14.6. The van der Waals surface area contributed by atoms with E-state index < -0.39 is 0 Å². The van der Waals surface area contributed by atoms with E-state index in [9.17, 15) is 0 Å². The average Bonchev–Trinajstić information content (AvgIpc) is 3.10. The van der Waals surface area contributed by atoms with Crippen LogP contribution in [0.2, 0.25) is 0 Å². The summed E-state index contributed by atoms with van der Waals surface area (Å²) >= 11 is 0. The third-order valence-corrected chi connectivity index (χ3v) is 22.9. The van der Waals surface area contributed by atoms with E-state index in [1.54, 1.807) is 128 Å². The molecule has 16 bridgehead atoms. The highest BCUT2D eigenvalue weighted by Gasteiger charge is 2.57. The normalized spacial score (nSPS) is 56.0. The molecular formula is C53H90. The third kappa shape index (κ3) is 6.54. The molecule has 0 aliphatic heterocycles. The first-order chi connectivity index (χ1) is 25.2. The van der Waals surface area contributed by atoms with E-state index in [2.05, 4.69) is 62.3 Å². The Hall–Kier alpha value is 0. The first-order valence-corrected chi connectivity index (χ1v) is 25.2. The van der Waals surface area contributed by atoms with Gasteiger partial charge in [0.05, 0.1) is 0 Å². The molecule has 0 N–H and O–H groups in total. The number of rotatable bonds is 4. The molecule has 16 fully saturated rings. The lowest BCUT2D eigenvalue weighted by Gasteiger charge is -2.62. The Labute approximate surface area is 331 Å². The van der Waals surface area contributed by atoms with Crippen LogP contribution in [0.3, 0.4) is 0 Å². The standard InChI is InChI=1S/2C14H24.C13H22.C12H20/c1-9(2)14(3)12-5-10-4-11(7-12)8-13(14)6-10;1-3-4-14(2)12-6-10-5-11(8-12)9-13(14)7-10;1-3-13(2)11-5-9-4-10(7-11)8-12(13)6-9;1-12(2)10-4-8-3-9(6-10)7-11(12)5-8/h9-13H,4-8H2,1-3H3;10-13H,3-9H2,1-2H3;9-12H,3-8H2,1-2H3;8-11H,3-7H2,1-2H3. The minimum Gasteiger partial charge on any atom is -0.0654 e. The second kappa shape index (κ2) is 14.1. The lowest BCUT2D eigenvalue weighted by molar-refractivity contribution is -0.122. The highest BCUT2D eigenvalue weighted by molar-refractivity contribution is 5.07. The molecule has 0 spiro atoms. The maximum atomic E-state index is 2.61. The Morgan fingerprint density at radius 3 is 0.887 bits per heavy atom. The van der Waals surface area contributed by atoms with Crippen LogP contribution in [0.25, 0.3) is 0 Å². The van der Waals surface area contributed by atoms with Crippen LogP contribution >= 0.6 is 0 Å². The Morgan fingerprint density at radius 2 is 0.623 bits per heavy atom. The summed E-state index contributed by atoms with van der Waals surface area (Å²) in [6, 6.07) is 0. The molecule has 53 heavy (non-hydrogen) atoms. The molecule has 302 valence electrons. The van der Waals surface area contributed by atoms with Gasteiger partial charge < -0.3 is 0 Å². The molecule has 0 aromatic carbocycles. The third-order valence-electron chi connectivity index (χ3n) is 22.9. The quantitative estimate of drug-likeness (QED) is 0.271. The SMILES string of the molecule is CC(C)C1(C)C2CC3CC(C2)CC1C3.CC1(C)C2CC3CC(C2)CC1C3.CCC1(C)C2CC3CC(C2)CC1C3.CCCC1(C)C2CC3CC(C2)CC1C3. The van der Waals surface area contributed by atoms with Gasteiger partial charge in [0.2, 0.25) is 0 Å². The molecule has 0 saturated heterocycles. The molecule has 0 amide bonds. The van der Waals surface area contributed by atoms with Crippen molar-refractivity contribution in [1.82, 2.24) is 0 Å². The zero-order valence-corrected chi connectivity index (χ0v) is 37.1. The van der Waals surface area contributed by atoms with Gasteiger partial charge in [-0.05, 0) is 257 Å². The summed E-state index contributed by atoms with van der Waals surface area (Å²) in [5.74, 6) is 18.8. The maximum Gasteiger partial charge on any atom is -0.0246 e. The zero-order valence-electron chi connectivity index (χ0n) is 37.1. The molecule has 0 unspecified atom stereocenters. The topological polar surface area (TPSA) is 0 Å². The van der Waals surface area contributed by atoms with E-state index in [4.69, 9.17) is 0 Å². The van der Waals surface area contributed by atoms with Crippen molar-refractivity contribution >= 4 is 0 Å². The Morgan fingerprint density at radius 1 is 0.358 bits per heavy atom. The second-order valence-corrected chi connectivity index (χ2v) is 25.7. The molecule has 0 atom stereocenters. The van der Waals surface area contributed by atoms with E-state index in [0.29, 0.717) is 10.8 Å². The lowest BCUT2D eigenvalue weighted by Crippen LogP contribution is -2.53. The van der Waals surface area contributed by atoms with Gasteiger partial charge in [-0.1, -0.05) is 75.2 Å². The van der Waals surface area contributed by atoms with Gasteiger partial charge in [0.1, 0.15) is 0 Å². The van der Waals surface area contributed by atoms with Crippen LogP contribution in [0.5, 0.6) is 0 Å². The summed E-state index contributed by atoms with van der Waals surface area (Å²) in [6.07, 6.45) is 35.9. The van der Waals surface area contributed by atoms with Crippen molar-refractivity contribution in [1.29, 1.82) is 0 Å². The maximum absolute atomic E-state index is 2.61. The van der Waals surface area contributed by atoms with Crippen molar-refractivity contribution in [2.75, 3.05) is 0 Å². The molecule has 16 aliphatic rings. The minimum atomic E-state index is 0.702. The van der Waals surface area contributed by atoms with E-state index in [1.807, 2.05) is 0 Å². The zero-order chi connectivity index (χ0) is 37.1. The first kappa shape index (κ1) is 38.5. The molecule has 0 heteroatoms. The summed E-state index contributed by atoms with van der Waals surface area (Å²) in [6.45, 7) is 22.6. The highest BCUT2D eigenvalue weighted by Crippen LogP contribution is 2.66. The summed E-state index contributed by atoms with van der Waals surface area (Å²) in [5, 5.41) is 0. The van der Waals surface area contributed by atoms with Gasteiger partial charge in [0.25, 0.3) is 0 Å².